The number of aromatic nitrogens is 3. The van der Waals surface area contributed by atoms with Gasteiger partial charge in [-0.05, 0) is 42.5 Å². The van der Waals surface area contributed by atoms with Crippen molar-refractivity contribution in [2.45, 2.75) is 25.9 Å². The first kappa shape index (κ1) is 18.8. The lowest BCUT2D eigenvalue weighted by molar-refractivity contribution is -0.120. The molecule has 0 aliphatic carbocycles. The number of nitrogens with two attached hydrogens (primary N) is 1. The topological polar surface area (TPSA) is 107 Å². The summed E-state index contributed by atoms with van der Waals surface area (Å²) in [5.41, 5.74) is 10.1. The van der Waals surface area contributed by atoms with Crippen LogP contribution in [0.5, 0.6) is 5.75 Å². The average molecular weight is 423 g/mol. The predicted octanol–water partition coefficient (Wildman–Crippen LogP) is 2.49. The summed E-state index contributed by atoms with van der Waals surface area (Å²) in [7, 11) is 1.69. The summed E-state index contributed by atoms with van der Waals surface area (Å²) in [6.07, 6.45) is 2.23. The number of rotatable bonds is 5. The van der Waals surface area contributed by atoms with Crippen LogP contribution in [0.3, 0.4) is 0 Å². The van der Waals surface area contributed by atoms with Gasteiger partial charge in [0.25, 0.3) is 0 Å². The van der Waals surface area contributed by atoms with E-state index in [4.69, 9.17) is 10.5 Å². The summed E-state index contributed by atoms with van der Waals surface area (Å²) in [5, 5.41) is 11.7. The lowest BCUT2D eigenvalue weighted by Crippen LogP contribution is -2.36. The van der Waals surface area contributed by atoms with Crippen LogP contribution in [-0.4, -0.2) is 40.2 Å². The molecule has 8 nitrogen and oxygen atoms in total. The second kappa shape index (κ2) is 7.26. The van der Waals surface area contributed by atoms with Gasteiger partial charge in [0.05, 0.1) is 23.5 Å². The third-order valence-electron chi connectivity index (χ3n) is 5.45. The molecule has 1 aromatic carbocycles. The van der Waals surface area contributed by atoms with Crippen molar-refractivity contribution in [3.8, 4) is 16.2 Å². The highest BCUT2D eigenvalue weighted by Gasteiger charge is 2.24. The van der Waals surface area contributed by atoms with Crippen molar-refractivity contribution < 1.29 is 9.53 Å². The molecule has 1 saturated heterocycles. The number of nitrogens with zero attached hydrogens (tertiary/aromatic N) is 3. The molecule has 0 unspecified atom stereocenters. The molecule has 9 heteroatoms. The fraction of sp³-hybridized carbons (Fsp3) is 0.286. The number of nitrogens with one attached hydrogen (secondary N) is 2. The van der Waals surface area contributed by atoms with Crippen LogP contribution in [0.25, 0.3) is 26.0 Å². The number of fused-ring (bicyclic) bond motifs is 2. The van der Waals surface area contributed by atoms with Crippen molar-refractivity contribution in [3.63, 3.8) is 0 Å². The van der Waals surface area contributed by atoms with Crippen LogP contribution in [-0.2, 0) is 11.3 Å². The number of carbonyl (C=O) groups is 1. The number of amides is 1. The standard InChI is InChI=1S/C21H22N6O2S/c1-11-5-12-7-17(30-19(12)16(6-11)29-2)14-8-13(9-24-15-3-4-23-21(15)28)27-18(14)20(22)25-10-26-27/h5-8,10,15,24H,3-4,9H2,1-2H3,(H,23,28)(H2,22,25,26)/t15-/m1/s1. The maximum absolute atomic E-state index is 11.9. The summed E-state index contributed by atoms with van der Waals surface area (Å²) in [4.78, 5) is 17.2. The van der Waals surface area contributed by atoms with Crippen molar-refractivity contribution >= 4 is 38.7 Å². The minimum atomic E-state index is -0.185. The van der Waals surface area contributed by atoms with E-state index >= 15 is 0 Å². The van der Waals surface area contributed by atoms with Gasteiger partial charge in [-0.3, -0.25) is 4.79 Å². The lowest BCUT2D eigenvalue weighted by atomic mass is 10.1. The van der Waals surface area contributed by atoms with Gasteiger partial charge >= 0.3 is 0 Å². The Kier molecular flexibility index (Phi) is 4.56. The second-order valence-corrected chi connectivity index (χ2v) is 8.52. The van der Waals surface area contributed by atoms with E-state index < -0.39 is 0 Å². The minimum Gasteiger partial charge on any atom is -0.495 e. The van der Waals surface area contributed by atoms with E-state index in [1.165, 1.54) is 6.33 Å². The Balaban J connectivity index is 1.61. The van der Waals surface area contributed by atoms with Gasteiger partial charge in [0.1, 0.15) is 17.6 Å². The van der Waals surface area contributed by atoms with Crippen LogP contribution < -0.4 is 21.1 Å². The molecule has 0 bridgehead atoms. The van der Waals surface area contributed by atoms with Crippen LogP contribution in [0.1, 0.15) is 17.7 Å². The minimum absolute atomic E-state index is 0.0391. The fourth-order valence-electron chi connectivity index (χ4n) is 4.01. The van der Waals surface area contributed by atoms with Crippen LogP contribution in [0.4, 0.5) is 5.82 Å². The molecule has 4 N–H and O–H groups in total. The van der Waals surface area contributed by atoms with E-state index in [2.05, 4.69) is 45.8 Å². The van der Waals surface area contributed by atoms with E-state index in [1.807, 2.05) is 10.6 Å². The molecular weight excluding hydrogens is 400 g/mol. The maximum Gasteiger partial charge on any atom is 0.237 e. The fourth-order valence-corrected chi connectivity index (χ4v) is 5.16. The van der Waals surface area contributed by atoms with Gasteiger partial charge in [-0.15, -0.1) is 11.3 Å². The van der Waals surface area contributed by atoms with Gasteiger partial charge < -0.3 is 21.1 Å². The quantitative estimate of drug-likeness (QED) is 0.456. The Labute approximate surface area is 177 Å². The summed E-state index contributed by atoms with van der Waals surface area (Å²) in [5.74, 6) is 1.32. The predicted molar refractivity (Wildman–Crippen MR) is 118 cm³/mol. The Morgan fingerprint density at radius 2 is 2.23 bits per heavy atom. The average Bonchev–Trinajstić information content (AvgIpc) is 3.42. The number of hydrogen-bond acceptors (Lipinski definition) is 7. The molecular formula is C21H22N6O2S. The van der Waals surface area contributed by atoms with E-state index in [1.54, 1.807) is 18.4 Å². The smallest absolute Gasteiger partial charge is 0.237 e. The molecule has 154 valence electrons. The molecule has 1 aliphatic rings. The molecule has 5 rings (SSSR count). The normalized spacial score (nSPS) is 16.5. The van der Waals surface area contributed by atoms with Crippen LogP contribution in [0.15, 0.2) is 30.6 Å². The zero-order valence-corrected chi connectivity index (χ0v) is 17.5. The maximum atomic E-state index is 11.9. The summed E-state index contributed by atoms with van der Waals surface area (Å²) in [6.45, 7) is 3.26. The number of nitrogen functional groups attached to an aromatic ring is 1. The number of ether oxygens (including phenoxy) is 1. The monoisotopic (exact) mass is 422 g/mol. The number of anilines is 1. The van der Waals surface area contributed by atoms with Crippen molar-refractivity contribution in [1.82, 2.24) is 25.2 Å². The van der Waals surface area contributed by atoms with E-state index in [0.717, 1.165) is 49.5 Å². The Bertz CT molecular complexity index is 1280. The Morgan fingerprint density at radius 3 is 3.00 bits per heavy atom. The molecule has 30 heavy (non-hydrogen) atoms. The highest BCUT2D eigenvalue weighted by atomic mass is 32.1. The number of aryl methyl sites for hydroxylation is 1. The number of methoxy groups -OCH3 is 1. The third-order valence-corrected chi connectivity index (χ3v) is 6.65. The first-order valence-electron chi connectivity index (χ1n) is 9.76. The number of hydrogen-bond donors (Lipinski definition) is 3. The van der Waals surface area contributed by atoms with Crippen molar-refractivity contribution in [2.75, 3.05) is 19.4 Å². The summed E-state index contributed by atoms with van der Waals surface area (Å²) >= 11 is 1.66. The van der Waals surface area contributed by atoms with Crippen LogP contribution in [0, 0.1) is 6.92 Å². The molecule has 0 spiro atoms. The van der Waals surface area contributed by atoms with E-state index in [-0.39, 0.29) is 11.9 Å². The van der Waals surface area contributed by atoms with Gasteiger partial charge in [-0.2, -0.15) is 5.10 Å². The first-order valence-corrected chi connectivity index (χ1v) is 10.6. The zero-order chi connectivity index (χ0) is 20.8. The molecule has 0 saturated carbocycles. The second-order valence-electron chi connectivity index (χ2n) is 7.46. The van der Waals surface area contributed by atoms with Gasteiger partial charge in [0.15, 0.2) is 5.82 Å². The van der Waals surface area contributed by atoms with Crippen molar-refractivity contribution in [1.29, 1.82) is 0 Å². The van der Waals surface area contributed by atoms with Gasteiger partial charge in [-0.1, -0.05) is 6.07 Å². The molecule has 1 atom stereocenters. The molecule has 1 aliphatic heterocycles. The molecule has 0 radical (unpaired) electrons. The molecule has 4 aromatic rings. The number of benzene rings is 1. The van der Waals surface area contributed by atoms with Crippen molar-refractivity contribution in [2.24, 2.45) is 0 Å². The number of thiophene rings is 1. The molecule has 3 aromatic heterocycles. The highest BCUT2D eigenvalue weighted by Crippen LogP contribution is 2.42. The zero-order valence-electron chi connectivity index (χ0n) is 16.7. The first-order chi connectivity index (χ1) is 14.5. The highest BCUT2D eigenvalue weighted by molar-refractivity contribution is 7.22. The number of carbonyl (C=O) groups excluding carboxylic acids is 1. The molecule has 1 fully saturated rings. The third kappa shape index (κ3) is 3.06. The molecule has 4 heterocycles. The van der Waals surface area contributed by atoms with Crippen molar-refractivity contribution in [3.05, 3.63) is 41.9 Å². The largest absolute Gasteiger partial charge is 0.495 e. The summed E-state index contributed by atoms with van der Waals surface area (Å²) in [6, 6.07) is 8.23. The van der Waals surface area contributed by atoms with Gasteiger partial charge in [0, 0.05) is 23.5 Å². The lowest BCUT2D eigenvalue weighted by Gasteiger charge is -2.09. The van der Waals surface area contributed by atoms with Gasteiger partial charge in [-0.25, -0.2) is 9.50 Å². The van der Waals surface area contributed by atoms with Crippen LogP contribution in [0.2, 0.25) is 0 Å². The Hall–Kier alpha value is -3.17. The van der Waals surface area contributed by atoms with Crippen LogP contribution >= 0.6 is 11.3 Å². The van der Waals surface area contributed by atoms with E-state index in [9.17, 15) is 4.79 Å². The van der Waals surface area contributed by atoms with E-state index in [0.29, 0.717) is 18.9 Å². The van der Waals surface area contributed by atoms with Gasteiger partial charge in [0.2, 0.25) is 5.91 Å². The Morgan fingerprint density at radius 1 is 1.37 bits per heavy atom. The molecule has 1 amide bonds. The SMILES string of the molecule is COc1cc(C)cc2cc(-c3cc(CN[C@@H]4CCNC4=O)n4ncnc(N)c34)sc12. The summed E-state index contributed by atoms with van der Waals surface area (Å²) < 4.78 is 8.49.